The van der Waals surface area contributed by atoms with Crippen molar-refractivity contribution in [2.24, 2.45) is 0 Å². The van der Waals surface area contributed by atoms with E-state index in [2.05, 4.69) is 0 Å². The van der Waals surface area contributed by atoms with Crippen LogP contribution in [0.4, 0.5) is 0 Å². The first kappa shape index (κ1) is 20.5. The van der Waals surface area contributed by atoms with Crippen molar-refractivity contribution >= 4 is 5.97 Å². The molecule has 0 amide bonds. The molecule has 150 valence electrons. The molecule has 0 spiro atoms. The van der Waals surface area contributed by atoms with E-state index in [9.17, 15) is 15.0 Å². The molecule has 2 N–H and O–H groups in total. The van der Waals surface area contributed by atoms with Gasteiger partial charge < -0.3 is 24.4 Å². The number of ether oxygens (including phenoxy) is 3. The van der Waals surface area contributed by atoms with E-state index in [0.29, 0.717) is 5.56 Å². The maximum Gasteiger partial charge on any atom is 0.338 e. The Bertz CT molecular complexity index is 797. The second kappa shape index (κ2) is 8.41. The fourth-order valence-electron chi connectivity index (χ4n) is 3.10. The van der Waals surface area contributed by atoms with Crippen LogP contribution in [-0.4, -0.2) is 46.9 Å². The number of esters is 1. The van der Waals surface area contributed by atoms with Gasteiger partial charge in [0.25, 0.3) is 0 Å². The molecule has 6 heteroatoms. The maximum atomic E-state index is 12.2. The SMILES string of the molecule is Cc1ccc(CO[C@@H]2[C@@H](COC(=O)c3ccc(C)cc3)OC(O)[C@]2(C)O)cc1. The predicted octanol–water partition coefficient (Wildman–Crippen LogP) is 2.51. The van der Waals surface area contributed by atoms with Crippen molar-refractivity contribution in [1.82, 2.24) is 0 Å². The highest BCUT2D eigenvalue weighted by Gasteiger charge is 2.53. The third-order valence-electron chi connectivity index (χ3n) is 4.93. The highest BCUT2D eigenvalue weighted by molar-refractivity contribution is 5.89. The van der Waals surface area contributed by atoms with E-state index >= 15 is 0 Å². The Hall–Kier alpha value is -2.25. The van der Waals surface area contributed by atoms with Gasteiger partial charge in [0, 0.05) is 0 Å². The summed E-state index contributed by atoms with van der Waals surface area (Å²) in [5.41, 5.74) is 1.91. The molecular weight excluding hydrogens is 360 g/mol. The fourth-order valence-corrected chi connectivity index (χ4v) is 3.10. The molecule has 1 heterocycles. The number of carbonyl (C=O) groups is 1. The lowest BCUT2D eigenvalue weighted by Gasteiger charge is -2.28. The average molecular weight is 386 g/mol. The van der Waals surface area contributed by atoms with Gasteiger partial charge in [-0.2, -0.15) is 0 Å². The molecule has 0 aliphatic carbocycles. The highest BCUT2D eigenvalue weighted by atomic mass is 16.7. The molecule has 1 aliphatic heterocycles. The van der Waals surface area contributed by atoms with Crippen molar-refractivity contribution in [2.75, 3.05) is 6.61 Å². The molecule has 0 aromatic heterocycles. The first-order valence-electron chi connectivity index (χ1n) is 9.24. The Balaban J connectivity index is 1.63. The molecular formula is C22H26O6. The van der Waals surface area contributed by atoms with Crippen molar-refractivity contribution < 1.29 is 29.2 Å². The second-order valence-electron chi connectivity index (χ2n) is 7.43. The Labute approximate surface area is 164 Å². The summed E-state index contributed by atoms with van der Waals surface area (Å²) in [6.45, 7) is 5.47. The van der Waals surface area contributed by atoms with Crippen LogP contribution in [-0.2, 0) is 20.8 Å². The molecule has 4 atom stereocenters. The van der Waals surface area contributed by atoms with Crippen molar-refractivity contribution in [1.29, 1.82) is 0 Å². The topological polar surface area (TPSA) is 85.2 Å². The van der Waals surface area contributed by atoms with Gasteiger partial charge in [0.15, 0.2) is 6.29 Å². The third-order valence-corrected chi connectivity index (χ3v) is 4.93. The molecule has 2 aromatic rings. The molecule has 6 nitrogen and oxygen atoms in total. The number of carbonyl (C=O) groups excluding carboxylic acids is 1. The van der Waals surface area contributed by atoms with Crippen LogP contribution in [0.3, 0.4) is 0 Å². The lowest BCUT2D eigenvalue weighted by molar-refractivity contribution is -0.173. The Morgan fingerprint density at radius 3 is 2.25 bits per heavy atom. The molecule has 2 aromatic carbocycles. The van der Waals surface area contributed by atoms with Crippen molar-refractivity contribution in [3.05, 3.63) is 70.8 Å². The largest absolute Gasteiger partial charge is 0.459 e. The summed E-state index contributed by atoms with van der Waals surface area (Å²) in [5, 5.41) is 20.6. The van der Waals surface area contributed by atoms with Crippen molar-refractivity contribution in [3.8, 4) is 0 Å². The van der Waals surface area contributed by atoms with E-state index in [1.54, 1.807) is 12.1 Å². The van der Waals surface area contributed by atoms with Gasteiger partial charge in [0.2, 0.25) is 0 Å². The average Bonchev–Trinajstić information content (AvgIpc) is 2.88. The Kier molecular flexibility index (Phi) is 6.15. The summed E-state index contributed by atoms with van der Waals surface area (Å²) in [4.78, 5) is 12.2. The summed E-state index contributed by atoms with van der Waals surface area (Å²) in [5.74, 6) is -0.498. The van der Waals surface area contributed by atoms with Crippen LogP contribution in [0, 0.1) is 13.8 Å². The zero-order valence-corrected chi connectivity index (χ0v) is 16.3. The number of rotatable bonds is 6. The normalized spacial score (nSPS) is 27.0. The number of aryl methyl sites for hydroxylation is 2. The van der Waals surface area contributed by atoms with Gasteiger partial charge in [0.1, 0.15) is 24.4 Å². The summed E-state index contributed by atoms with van der Waals surface area (Å²) in [6, 6.07) is 14.8. The van der Waals surface area contributed by atoms with Crippen molar-refractivity contribution in [3.63, 3.8) is 0 Å². The lowest BCUT2D eigenvalue weighted by Crippen LogP contribution is -2.47. The molecule has 28 heavy (non-hydrogen) atoms. The fraction of sp³-hybridized carbons (Fsp3) is 0.409. The van der Waals surface area contributed by atoms with Crippen LogP contribution < -0.4 is 0 Å². The number of aliphatic hydroxyl groups excluding tert-OH is 1. The predicted molar refractivity (Wildman–Crippen MR) is 103 cm³/mol. The highest BCUT2D eigenvalue weighted by Crippen LogP contribution is 2.33. The number of benzene rings is 2. The van der Waals surface area contributed by atoms with E-state index in [1.165, 1.54) is 6.92 Å². The second-order valence-corrected chi connectivity index (χ2v) is 7.43. The van der Waals surface area contributed by atoms with Crippen LogP contribution in [0.15, 0.2) is 48.5 Å². The standard InChI is InChI=1S/C22H26O6/c1-14-4-8-16(9-5-14)12-26-19-18(28-21(24)22(19,3)25)13-27-20(23)17-10-6-15(2)7-11-17/h4-11,18-19,21,24-25H,12-13H2,1-3H3/t18-,19-,21?,22-/m1/s1. The minimum Gasteiger partial charge on any atom is -0.459 e. The van der Waals surface area contributed by atoms with Gasteiger partial charge in [-0.3, -0.25) is 0 Å². The quantitative estimate of drug-likeness (QED) is 0.742. The molecule has 0 radical (unpaired) electrons. The van der Waals surface area contributed by atoms with E-state index < -0.39 is 30.1 Å². The summed E-state index contributed by atoms with van der Waals surface area (Å²) in [6.07, 6.45) is -3.07. The van der Waals surface area contributed by atoms with E-state index in [-0.39, 0.29) is 13.2 Å². The van der Waals surface area contributed by atoms with Gasteiger partial charge in [-0.15, -0.1) is 0 Å². The molecule has 1 saturated heterocycles. The molecule has 1 unspecified atom stereocenters. The van der Waals surface area contributed by atoms with Crippen molar-refractivity contribution in [2.45, 2.75) is 51.5 Å². The van der Waals surface area contributed by atoms with Crippen LogP contribution >= 0.6 is 0 Å². The first-order chi connectivity index (χ1) is 13.3. The van der Waals surface area contributed by atoms with Crippen LogP contribution in [0.5, 0.6) is 0 Å². The van der Waals surface area contributed by atoms with E-state index in [1.807, 2.05) is 50.2 Å². The molecule has 1 fully saturated rings. The molecule has 3 rings (SSSR count). The summed E-state index contributed by atoms with van der Waals surface area (Å²) >= 11 is 0. The van der Waals surface area contributed by atoms with Gasteiger partial charge in [-0.05, 0) is 38.5 Å². The smallest absolute Gasteiger partial charge is 0.338 e. The van der Waals surface area contributed by atoms with Crippen LogP contribution in [0.2, 0.25) is 0 Å². The maximum absolute atomic E-state index is 12.2. The van der Waals surface area contributed by atoms with Gasteiger partial charge in [-0.1, -0.05) is 47.5 Å². The molecule has 0 saturated carbocycles. The van der Waals surface area contributed by atoms with Gasteiger partial charge in [-0.25, -0.2) is 4.79 Å². The van der Waals surface area contributed by atoms with Gasteiger partial charge in [0.05, 0.1) is 12.2 Å². The monoisotopic (exact) mass is 386 g/mol. The molecule has 1 aliphatic rings. The third kappa shape index (κ3) is 4.59. The zero-order valence-electron chi connectivity index (χ0n) is 16.3. The molecule has 0 bridgehead atoms. The lowest BCUT2D eigenvalue weighted by atomic mass is 9.97. The number of hydrogen-bond donors (Lipinski definition) is 2. The van der Waals surface area contributed by atoms with E-state index in [0.717, 1.165) is 16.7 Å². The summed E-state index contributed by atoms with van der Waals surface area (Å²) < 4.78 is 16.6. The Morgan fingerprint density at radius 1 is 1.07 bits per heavy atom. The zero-order chi connectivity index (χ0) is 20.3. The van der Waals surface area contributed by atoms with E-state index in [4.69, 9.17) is 14.2 Å². The minimum atomic E-state index is -1.62. The minimum absolute atomic E-state index is 0.140. The Morgan fingerprint density at radius 2 is 1.64 bits per heavy atom. The number of aliphatic hydroxyl groups is 2. The van der Waals surface area contributed by atoms with Crippen LogP contribution in [0.1, 0.15) is 34.0 Å². The van der Waals surface area contributed by atoms with Gasteiger partial charge >= 0.3 is 5.97 Å². The summed E-state index contributed by atoms with van der Waals surface area (Å²) in [7, 11) is 0. The first-order valence-corrected chi connectivity index (χ1v) is 9.24. The number of hydrogen-bond acceptors (Lipinski definition) is 6. The van der Waals surface area contributed by atoms with Crippen LogP contribution in [0.25, 0.3) is 0 Å².